The molecule has 0 fully saturated rings. The maximum Gasteiger partial charge on any atom is 0.159 e. The summed E-state index contributed by atoms with van der Waals surface area (Å²) in [6.07, 6.45) is 3.11. The number of nitrogens with two attached hydrogens (primary N) is 1. The molecular formula is C11H9ClN4S. The largest absolute Gasteiger partial charge is 0.388 e. The van der Waals surface area contributed by atoms with Crippen LogP contribution in [0.4, 0.5) is 11.5 Å². The van der Waals surface area contributed by atoms with Gasteiger partial charge in [0.2, 0.25) is 0 Å². The van der Waals surface area contributed by atoms with Crippen LogP contribution in [0.2, 0.25) is 5.02 Å². The first-order chi connectivity index (χ1) is 8.16. The first kappa shape index (κ1) is 11.8. The molecule has 86 valence electrons. The lowest BCUT2D eigenvalue weighted by atomic mass is 10.3. The average Bonchev–Trinajstić information content (AvgIpc) is 2.32. The maximum absolute atomic E-state index is 5.80. The molecule has 1 aromatic heterocycles. The molecule has 0 unspecified atom stereocenters. The summed E-state index contributed by atoms with van der Waals surface area (Å²) in [5, 5.41) is 3.75. The highest BCUT2D eigenvalue weighted by atomic mass is 35.5. The molecule has 0 aliphatic carbocycles. The molecule has 0 aliphatic rings. The van der Waals surface area contributed by atoms with Gasteiger partial charge >= 0.3 is 0 Å². The molecular weight excluding hydrogens is 256 g/mol. The molecule has 4 nitrogen and oxygen atoms in total. The Morgan fingerprint density at radius 1 is 1.18 bits per heavy atom. The third kappa shape index (κ3) is 2.89. The van der Waals surface area contributed by atoms with E-state index in [4.69, 9.17) is 29.6 Å². The number of rotatable bonds is 3. The van der Waals surface area contributed by atoms with Gasteiger partial charge in [-0.05, 0) is 24.3 Å². The van der Waals surface area contributed by atoms with Crippen LogP contribution in [0.25, 0.3) is 0 Å². The van der Waals surface area contributed by atoms with Crippen LogP contribution in [0, 0.1) is 0 Å². The molecule has 0 bridgehead atoms. The normalized spacial score (nSPS) is 9.94. The van der Waals surface area contributed by atoms with Gasteiger partial charge in [-0.3, -0.25) is 0 Å². The second-order valence-corrected chi connectivity index (χ2v) is 4.13. The van der Waals surface area contributed by atoms with Gasteiger partial charge in [-0.25, -0.2) is 9.97 Å². The first-order valence-electron chi connectivity index (χ1n) is 4.80. The Labute approximate surface area is 109 Å². The Kier molecular flexibility index (Phi) is 3.51. The van der Waals surface area contributed by atoms with Gasteiger partial charge in [0, 0.05) is 23.1 Å². The molecule has 0 atom stereocenters. The smallest absolute Gasteiger partial charge is 0.159 e. The predicted octanol–water partition coefficient (Wildman–Crippen LogP) is 2.51. The standard InChI is InChI=1S/C11H9ClN4S/c12-7-1-3-8(4-2-7)16-11-9(10(13)17)14-5-6-15-11/h1-6H,(H2,13,17)(H,15,16). The Balaban J connectivity index is 2.30. The Morgan fingerprint density at radius 3 is 2.47 bits per heavy atom. The van der Waals surface area contributed by atoms with Crippen molar-refractivity contribution in [3.8, 4) is 0 Å². The fourth-order valence-corrected chi connectivity index (χ4v) is 1.56. The van der Waals surface area contributed by atoms with Crippen LogP contribution < -0.4 is 11.1 Å². The first-order valence-corrected chi connectivity index (χ1v) is 5.59. The number of nitrogens with one attached hydrogen (secondary N) is 1. The van der Waals surface area contributed by atoms with Gasteiger partial charge in [0.1, 0.15) is 10.7 Å². The van der Waals surface area contributed by atoms with Crippen molar-refractivity contribution in [2.24, 2.45) is 5.73 Å². The van der Waals surface area contributed by atoms with Crippen molar-refractivity contribution in [3.05, 3.63) is 47.4 Å². The molecule has 1 aromatic carbocycles. The van der Waals surface area contributed by atoms with E-state index < -0.39 is 0 Å². The fraction of sp³-hybridized carbons (Fsp3) is 0. The number of anilines is 2. The molecule has 3 N–H and O–H groups in total. The van der Waals surface area contributed by atoms with Crippen molar-refractivity contribution in [3.63, 3.8) is 0 Å². The number of benzene rings is 1. The van der Waals surface area contributed by atoms with Crippen LogP contribution in [0.1, 0.15) is 5.69 Å². The van der Waals surface area contributed by atoms with E-state index >= 15 is 0 Å². The van der Waals surface area contributed by atoms with E-state index in [0.29, 0.717) is 16.5 Å². The van der Waals surface area contributed by atoms with Gasteiger partial charge < -0.3 is 11.1 Å². The zero-order valence-electron chi connectivity index (χ0n) is 8.72. The van der Waals surface area contributed by atoms with E-state index in [1.54, 1.807) is 24.5 Å². The van der Waals surface area contributed by atoms with Crippen LogP contribution in [-0.2, 0) is 0 Å². The van der Waals surface area contributed by atoms with Crippen molar-refractivity contribution < 1.29 is 0 Å². The lowest BCUT2D eigenvalue weighted by Gasteiger charge is -2.08. The number of hydrogen-bond donors (Lipinski definition) is 2. The van der Waals surface area contributed by atoms with E-state index in [1.165, 1.54) is 0 Å². The molecule has 0 aliphatic heterocycles. The highest BCUT2D eigenvalue weighted by Gasteiger charge is 2.07. The molecule has 2 rings (SSSR count). The second kappa shape index (κ2) is 5.07. The van der Waals surface area contributed by atoms with Gasteiger partial charge in [-0.15, -0.1) is 0 Å². The molecule has 2 aromatic rings. The summed E-state index contributed by atoms with van der Waals surface area (Å²) < 4.78 is 0. The summed E-state index contributed by atoms with van der Waals surface area (Å²) in [4.78, 5) is 8.42. The number of hydrogen-bond acceptors (Lipinski definition) is 4. The highest BCUT2D eigenvalue weighted by molar-refractivity contribution is 7.80. The summed E-state index contributed by atoms with van der Waals surface area (Å²) in [7, 11) is 0. The third-order valence-electron chi connectivity index (χ3n) is 2.04. The molecule has 0 saturated carbocycles. The van der Waals surface area contributed by atoms with Gasteiger partial charge in [0.15, 0.2) is 5.82 Å². The number of thiocarbonyl (C=S) groups is 1. The molecule has 1 heterocycles. The molecule has 6 heteroatoms. The van der Waals surface area contributed by atoms with E-state index in [0.717, 1.165) is 5.69 Å². The van der Waals surface area contributed by atoms with E-state index in [-0.39, 0.29) is 4.99 Å². The van der Waals surface area contributed by atoms with Gasteiger partial charge in [-0.2, -0.15) is 0 Å². The molecule has 0 saturated heterocycles. The zero-order chi connectivity index (χ0) is 12.3. The van der Waals surface area contributed by atoms with Crippen LogP contribution in [0.15, 0.2) is 36.7 Å². The summed E-state index contributed by atoms with van der Waals surface area (Å²) in [5.41, 5.74) is 6.87. The minimum atomic E-state index is 0.203. The van der Waals surface area contributed by atoms with Gasteiger partial charge in [-0.1, -0.05) is 23.8 Å². The number of aromatic nitrogens is 2. The van der Waals surface area contributed by atoms with Crippen LogP contribution in [0.3, 0.4) is 0 Å². The SMILES string of the molecule is NC(=S)c1nccnc1Nc1ccc(Cl)cc1. The summed E-state index contributed by atoms with van der Waals surface area (Å²) >= 11 is 10.7. The van der Waals surface area contributed by atoms with Crippen molar-refractivity contribution in [1.29, 1.82) is 0 Å². The minimum absolute atomic E-state index is 0.203. The lowest BCUT2D eigenvalue weighted by molar-refractivity contribution is 1.18. The highest BCUT2D eigenvalue weighted by Crippen LogP contribution is 2.19. The molecule has 0 spiro atoms. The van der Waals surface area contributed by atoms with E-state index in [9.17, 15) is 0 Å². The maximum atomic E-state index is 5.80. The quantitative estimate of drug-likeness (QED) is 0.834. The van der Waals surface area contributed by atoms with Crippen molar-refractivity contribution in [2.45, 2.75) is 0 Å². The van der Waals surface area contributed by atoms with Crippen molar-refractivity contribution in [1.82, 2.24) is 9.97 Å². The number of halogens is 1. The van der Waals surface area contributed by atoms with Crippen LogP contribution >= 0.6 is 23.8 Å². The van der Waals surface area contributed by atoms with Crippen LogP contribution in [0.5, 0.6) is 0 Å². The Bertz CT molecular complexity index is 541. The van der Waals surface area contributed by atoms with E-state index in [1.807, 2.05) is 12.1 Å². The van der Waals surface area contributed by atoms with Crippen LogP contribution in [-0.4, -0.2) is 15.0 Å². The summed E-state index contributed by atoms with van der Waals surface area (Å²) in [5.74, 6) is 0.530. The number of nitrogens with zero attached hydrogens (tertiary/aromatic N) is 2. The average molecular weight is 265 g/mol. The second-order valence-electron chi connectivity index (χ2n) is 3.25. The molecule has 17 heavy (non-hydrogen) atoms. The molecule has 0 amide bonds. The monoisotopic (exact) mass is 264 g/mol. The Hall–Kier alpha value is -1.72. The van der Waals surface area contributed by atoms with Crippen molar-refractivity contribution in [2.75, 3.05) is 5.32 Å². The van der Waals surface area contributed by atoms with Crippen molar-refractivity contribution >= 4 is 40.3 Å². The Morgan fingerprint density at radius 2 is 1.82 bits per heavy atom. The van der Waals surface area contributed by atoms with Gasteiger partial charge in [0.25, 0.3) is 0 Å². The fourth-order valence-electron chi connectivity index (χ4n) is 1.28. The topological polar surface area (TPSA) is 63.8 Å². The predicted molar refractivity (Wildman–Crippen MR) is 72.7 cm³/mol. The summed E-state index contributed by atoms with van der Waals surface area (Å²) in [6, 6.07) is 7.22. The summed E-state index contributed by atoms with van der Waals surface area (Å²) in [6.45, 7) is 0. The minimum Gasteiger partial charge on any atom is -0.388 e. The lowest BCUT2D eigenvalue weighted by Crippen LogP contribution is -2.14. The molecule has 0 radical (unpaired) electrons. The zero-order valence-corrected chi connectivity index (χ0v) is 10.3. The van der Waals surface area contributed by atoms with E-state index in [2.05, 4.69) is 15.3 Å². The van der Waals surface area contributed by atoms with Gasteiger partial charge in [0.05, 0.1) is 0 Å². The third-order valence-corrected chi connectivity index (χ3v) is 2.48.